The zero-order chi connectivity index (χ0) is 16.4. The molecule has 1 saturated heterocycles. The largest absolute Gasteiger partial charge is 0.368 e. The molecule has 3 heterocycles. The van der Waals surface area contributed by atoms with E-state index >= 15 is 0 Å². The van der Waals surface area contributed by atoms with E-state index in [0.29, 0.717) is 11.5 Å². The van der Waals surface area contributed by atoms with Gasteiger partial charge in [-0.15, -0.1) is 0 Å². The van der Waals surface area contributed by atoms with Crippen LogP contribution in [0.2, 0.25) is 0 Å². The highest BCUT2D eigenvalue weighted by Crippen LogP contribution is 2.17. The molecule has 1 aliphatic rings. The highest BCUT2D eigenvalue weighted by Gasteiger charge is 2.15. The van der Waals surface area contributed by atoms with Crippen molar-refractivity contribution < 1.29 is 4.79 Å². The average molecular weight is 313 g/mol. The highest BCUT2D eigenvalue weighted by atomic mass is 16.2. The molecule has 2 aromatic rings. The topological polar surface area (TPSA) is 53.4 Å². The molecule has 0 saturated carbocycles. The van der Waals surface area contributed by atoms with E-state index in [4.69, 9.17) is 0 Å². The average Bonchev–Trinajstić information content (AvgIpc) is 2.89. The van der Waals surface area contributed by atoms with Crippen LogP contribution in [-0.2, 0) is 7.05 Å². The number of aromatic nitrogens is 2. The Bertz CT molecular complexity index is 684. The van der Waals surface area contributed by atoms with Gasteiger partial charge in [-0.05, 0) is 38.2 Å². The van der Waals surface area contributed by atoms with Crippen LogP contribution >= 0.6 is 0 Å². The molecule has 1 fully saturated rings. The Hall–Kier alpha value is -2.34. The number of pyridine rings is 1. The predicted octanol–water partition coefficient (Wildman–Crippen LogP) is 1.73. The van der Waals surface area contributed by atoms with Gasteiger partial charge in [0.1, 0.15) is 11.5 Å². The summed E-state index contributed by atoms with van der Waals surface area (Å²) >= 11 is 0. The molecule has 0 aromatic carbocycles. The SMILES string of the molecule is Cc1ccc(C(=O)Nc2ccc(N3CCN(C)CC3)cn2)n1C. The monoisotopic (exact) mass is 313 g/mol. The van der Waals surface area contributed by atoms with Gasteiger partial charge >= 0.3 is 0 Å². The third-order valence-electron chi connectivity index (χ3n) is 4.46. The molecule has 23 heavy (non-hydrogen) atoms. The van der Waals surface area contributed by atoms with E-state index in [-0.39, 0.29) is 5.91 Å². The van der Waals surface area contributed by atoms with Crippen LogP contribution in [0.1, 0.15) is 16.2 Å². The third-order valence-corrected chi connectivity index (χ3v) is 4.46. The number of rotatable bonds is 3. The number of amides is 1. The second-order valence-corrected chi connectivity index (χ2v) is 6.07. The molecule has 2 aromatic heterocycles. The molecular weight excluding hydrogens is 290 g/mol. The summed E-state index contributed by atoms with van der Waals surface area (Å²) in [5.41, 5.74) is 2.78. The minimum atomic E-state index is -0.138. The summed E-state index contributed by atoms with van der Waals surface area (Å²) in [6.07, 6.45) is 1.83. The van der Waals surface area contributed by atoms with E-state index in [9.17, 15) is 4.79 Å². The summed E-state index contributed by atoms with van der Waals surface area (Å²) in [5.74, 6) is 0.437. The zero-order valence-corrected chi connectivity index (χ0v) is 13.9. The quantitative estimate of drug-likeness (QED) is 0.938. The van der Waals surface area contributed by atoms with Crippen LogP contribution < -0.4 is 10.2 Å². The number of hydrogen-bond acceptors (Lipinski definition) is 4. The smallest absolute Gasteiger partial charge is 0.273 e. The van der Waals surface area contributed by atoms with Crippen molar-refractivity contribution in [2.75, 3.05) is 43.4 Å². The van der Waals surface area contributed by atoms with Gasteiger partial charge in [0.15, 0.2) is 0 Å². The first kappa shape index (κ1) is 15.6. The standard InChI is InChI=1S/C17H23N5O/c1-13-4-6-15(21(13)3)17(23)19-16-7-5-14(12-18-16)22-10-8-20(2)9-11-22/h4-7,12H,8-11H2,1-3H3,(H,18,19,23). The molecule has 0 spiro atoms. The number of anilines is 2. The lowest BCUT2D eigenvalue weighted by molar-refractivity contribution is 0.101. The first-order valence-corrected chi connectivity index (χ1v) is 7.88. The number of hydrogen-bond donors (Lipinski definition) is 1. The van der Waals surface area contributed by atoms with Gasteiger partial charge in [0.05, 0.1) is 11.9 Å². The van der Waals surface area contributed by atoms with Crippen LogP contribution in [0, 0.1) is 6.92 Å². The fourth-order valence-corrected chi connectivity index (χ4v) is 2.73. The van der Waals surface area contributed by atoms with E-state index in [1.165, 1.54) is 0 Å². The fourth-order valence-electron chi connectivity index (χ4n) is 2.73. The molecule has 3 rings (SSSR count). The van der Waals surface area contributed by atoms with Crippen LogP contribution in [0.25, 0.3) is 0 Å². The minimum Gasteiger partial charge on any atom is -0.368 e. The van der Waals surface area contributed by atoms with Crippen molar-refractivity contribution in [2.45, 2.75) is 6.92 Å². The maximum Gasteiger partial charge on any atom is 0.273 e. The summed E-state index contributed by atoms with van der Waals surface area (Å²) < 4.78 is 1.87. The van der Waals surface area contributed by atoms with Crippen molar-refractivity contribution in [2.24, 2.45) is 7.05 Å². The van der Waals surface area contributed by atoms with E-state index in [0.717, 1.165) is 37.6 Å². The van der Waals surface area contributed by atoms with Crippen LogP contribution in [0.15, 0.2) is 30.5 Å². The third kappa shape index (κ3) is 3.37. The number of aryl methyl sites for hydroxylation is 1. The normalized spacial score (nSPS) is 15.7. The molecule has 6 heteroatoms. The second kappa shape index (κ2) is 6.42. The van der Waals surface area contributed by atoms with Gasteiger partial charge in [-0.1, -0.05) is 0 Å². The van der Waals surface area contributed by atoms with Crippen molar-refractivity contribution >= 4 is 17.4 Å². The number of nitrogens with one attached hydrogen (secondary N) is 1. The molecule has 122 valence electrons. The number of likely N-dealkylation sites (N-methyl/N-ethyl adjacent to an activating group) is 1. The van der Waals surface area contributed by atoms with Crippen LogP contribution in [0.3, 0.4) is 0 Å². The molecule has 0 unspecified atom stereocenters. The Labute approximate surface area is 136 Å². The van der Waals surface area contributed by atoms with Crippen LogP contribution in [-0.4, -0.2) is 53.6 Å². The number of carbonyl (C=O) groups excluding carboxylic acids is 1. The lowest BCUT2D eigenvalue weighted by Crippen LogP contribution is -2.44. The minimum absolute atomic E-state index is 0.138. The zero-order valence-electron chi connectivity index (χ0n) is 13.9. The lowest BCUT2D eigenvalue weighted by atomic mass is 10.3. The second-order valence-electron chi connectivity index (χ2n) is 6.07. The lowest BCUT2D eigenvalue weighted by Gasteiger charge is -2.33. The van der Waals surface area contributed by atoms with Gasteiger partial charge in [0.25, 0.3) is 5.91 Å². The Balaban J connectivity index is 1.65. The number of piperazine rings is 1. The van der Waals surface area contributed by atoms with Crippen molar-refractivity contribution in [3.63, 3.8) is 0 Å². The van der Waals surface area contributed by atoms with Gasteiger partial charge in [-0.2, -0.15) is 0 Å². The fraction of sp³-hybridized carbons (Fsp3) is 0.412. The number of carbonyl (C=O) groups is 1. The predicted molar refractivity (Wildman–Crippen MR) is 92.1 cm³/mol. The van der Waals surface area contributed by atoms with E-state index in [1.54, 1.807) is 0 Å². The highest BCUT2D eigenvalue weighted by molar-refractivity contribution is 6.02. The number of nitrogens with zero attached hydrogens (tertiary/aromatic N) is 4. The van der Waals surface area contributed by atoms with Gasteiger partial charge in [0.2, 0.25) is 0 Å². The van der Waals surface area contributed by atoms with E-state index in [1.807, 2.05) is 49.0 Å². The molecule has 0 radical (unpaired) electrons. The molecule has 1 N–H and O–H groups in total. The first-order valence-electron chi connectivity index (χ1n) is 7.88. The molecule has 0 bridgehead atoms. The maximum atomic E-state index is 12.3. The molecule has 0 atom stereocenters. The van der Waals surface area contributed by atoms with Crippen LogP contribution in [0.5, 0.6) is 0 Å². The molecule has 1 aliphatic heterocycles. The van der Waals surface area contributed by atoms with Crippen LogP contribution in [0.4, 0.5) is 11.5 Å². The molecule has 1 amide bonds. The van der Waals surface area contributed by atoms with Gasteiger partial charge in [-0.25, -0.2) is 4.98 Å². The molecule has 6 nitrogen and oxygen atoms in total. The Kier molecular flexibility index (Phi) is 4.34. The van der Waals surface area contributed by atoms with Gasteiger partial charge in [0, 0.05) is 38.9 Å². The first-order chi connectivity index (χ1) is 11.0. The summed E-state index contributed by atoms with van der Waals surface area (Å²) in [7, 11) is 4.02. The van der Waals surface area contributed by atoms with E-state index < -0.39 is 0 Å². The van der Waals surface area contributed by atoms with Crippen molar-refractivity contribution in [3.8, 4) is 0 Å². The van der Waals surface area contributed by atoms with Crippen molar-refractivity contribution in [3.05, 3.63) is 41.9 Å². The summed E-state index contributed by atoms with van der Waals surface area (Å²) in [6, 6.07) is 7.63. The Morgan fingerprint density at radius 1 is 1.09 bits per heavy atom. The molecule has 0 aliphatic carbocycles. The molecular formula is C17H23N5O. The maximum absolute atomic E-state index is 12.3. The van der Waals surface area contributed by atoms with Crippen molar-refractivity contribution in [1.82, 2.24) is 14.5 Å². The summed E-state index contributed by atoms with van der Waals surface area (Å²) in [5, 5.41) is 2.85. The summed E-state index contributed by atoms with van der Waals surface area (Å²) in [6.45, 7) is 6.11. The van der Waals surface area contributed by atoms with Gasteiger partial charge < -0.3 is 19.7 Å². The Morgan fingerprint density at radius 3 is 2.39 bits per heavy atom. The Morgan fingerprint density at radius 2 is 1.83 bits per heavy atom. The van der Waals surface area contributed by atoms with Gasteiger partial charge in [-0.3, -0.25) is 4.79 Å². The van der Waals surface area contributed by atoms with Crippen molar-refractivity contribution in [1.29, 1.82) is 0 Å². The summed E-state index contributed by atoms with van der Waals surface area (Å²) in [4.78, 5) is 21.3. The van der Waals surface area contributed by atoms with E-state index in [2.05, 4.69) is 27.1 Å².